The summed E-state index contributed by atoms with van der Waals surface area (Å²) in [6.07, 6.45) is 9.45. The largest absolute Gasteiger partial charge is 0.512 e. The third-order valence-electron chi connectivity index (χ3n) is 6.39. The van der Waals surface area contributed by atoms with Crippen LogP contribution >= 0.6 is 11.8 Å². The number of phenols is 1. The van der Waals surface area contributed by atoms with E-state index in [1.807, 2.05) is 48.6 Å². The highest BCUT2D eigenvalue weighted by Gasteiger charge is 2.25. The van der Waals surface area contributed by atoms with Crippen molar-refractivity contribution in [3.05, 3.63) is 84.2 Å². The molecule has 3 atom stereocenters. The van der Waals surface area contributed by atoms with Gasteiger partial charge in [0.1, 0.15) is 30.5 Å². The van der Waals surface area contributed by atoms with Crippen molar-refractivity contribution in [3.8, 4) is 17.2 Å². The monoisotopic (exact) mass is 493 g/mol. The summed E-state index contributed by atoms with van der Waals surface area (Å²) in [6, 6.07) is 15.9. The number of rotatable bonds is 5. The number of aromatic hydroxyl groups is 1. The van der Waals surface area contributed by atoms with Crippen molar-refractivity contribution < 1.29 is 19.7 Å². The van der Waals surface area contributed by atoms with Crippen LogP contribution in [0.15, 0.2) is 89.1 Å². The van der Waals surface area contributed by atoms with Crippen molar-refractivity contribution in [2.24, 2.45) is 5.92 Å². The van der Waals surface area contributed by atoms with Crippen LogP contribution in [0.3, 0.4) is 0 Å². The molecule has 0 bridgehead atoms. The van der Waals surface area contributed by atoms with E-state index < -0.39 is 0 Å². The molecule has 0 saturated carbocycles. The summed E-state index contributed by atoms with van der Waals surface area (Å²) < 4.78 is 11.4. The molecule has 2 aromatic carbocycles. The van der Waals surface area contributed by atoms with Gasteiger partial charge in [0.25, 0.3) is 0 Å². The highest BCUT2D eigenvalue weighted by atomic mass is 32.2. The smallest absolute Gasteiger partial charge is 0.133 e. The average molecular weight is 494 g/mol. The number of para-hydroxylation sites is 1. The van der Waals surface area contributed by atoms with Gasteiger partial charge in [-0.1, -0.05) is 43.4 Å². The van der Waals surface area contributed by atoms with E-state index in [2.05, 4.69) is 18.7 Å². The maximum Gasteiger partial charge on any atom is 0.133 e. The molecule has 0 amide bonds. The van der Waals surface area contributed by atoms with E-state index >= 15 is 0 Å². The van der Waals surface area contributed by atoms with E-state index in [4.69, 9.17) is 9.47 Å². The van der Waals surface area contributed by atoms with Gasteiger partial charge in [0.05, 0.1) is 15.9 Å². The quantitative estimate of drug-likeness (QED) is 0.505. The first-order valence-corrected chi connectivity index (χ1v) is 13.2. The standard InChI is InChI=1S/C15H14O3S.C14H21NO/c16-11-3-1-2-10(4-5-11)15-9-18-13-7-6-12(17)8-14(13)19-15;1-12-10-13(2)15(11-12)8-9-16-14-6-4-3-5-7-14/h1-4,6-8,15-17H,5,9H2;3-7,12-13H,8-11H2,1-2H3/t15-;12-,13?/m01/s1. The van der Waals surface area contributed by atoms with Crippen molar-refractivity contribution in [2.45, 2.75) is 42.9 Å². The fourth-order valence-electron chi connectivity index (χ4n) is 4.59. The fraction of sp³-hybridized carbons (Fsp3) is 0.379. The summed E-state index contributed by atoms with van der Waals surface area (Å²) in [4.78, 5) is 3.47. The number of hydrogen-bond donors (Lipinski definition) is 2. The van der Waals surface area contributed by atoms with E-state index in [9.17, 15) is 10.2 Å². The topological polar surface area (TPSA) is 62.2 Å². The van der Waals surface area contributed by atoms with Crippen LogP contribution in [0.2, 0.25) is 0 Å². The van der Waals surface area contributed by atoms with Crippen molar-refractivity contribution >= 4 is 11.8 Å². The molecule has 0 spiro atoms. The first kappa shape index (κ1) is 25.3. The summed E-state index contributed by atoms with van der Waals surface area (Å²) in [7, 11) is 0. The average Bonchev–Trinajstić information content (AvgIpc) is 3.03. The Morgan fingerprint density at radius 2 is 1.94 bits per heavy atom. The third-order valence-corrected chi connectivity index (χ3v) is 7.65. The van der Waals surface area contributed by atoms with Crippen LogP contribution in [0.5, 0.6) is 17.2 Å². The number of likely N-dealkylation sites (tertiary alicyclic amines) is 1. The number of thioether (sulfide) groups is 1. The van der Waals surface area contributed by atoms with Crippen LogP contribution in [0.25, 0.3) is 0 Å². The zero-order valence-corrected chi connectivity index (χ0v) is 21.3. The predicted molar refractivity (Wildman–Crippen MR) is 143 cm³/mol. The molecular formula is C29H35NO4S. The maximum atomic E-state index is 9.53. The van der Waals surface area contributed by atoms with Crippen molar-refractivity contribution in [1.29, 1.82) is 0 Å². The molecule has 5 nitrogen and oxygen atoms in total. The van der Waals surface area contributed by atoms with Crippen LogP contribution < -0.4 is 9.47 Å². The molecule has 1 saturated heterocycles. The summed E-state index contributed by atoms with van der Waals surface area (Å²) in [5.74, 6) is 3.25. The van der Waals surface area contributed by atoms with Crippen molar-refractivity contribution in [3.63, 3.8) is 0 Å². The molecule has 5 rings (SSSR count). The SMILES string of the molecule is CC1C[C@@H](C)CN1CCOc1ccccc1.OC1=CC=CC([C@@H]2COc3ccc(O)cc3S2)=CC1. The summed E-state index contributed by atoms with van der Waals surface area (Å²) >= 11 is 1.68. The maximum absolute atomic E-state index is 9.53. The van der Waals surface area contributed by atoms with Gasteiger partial charge in [0.15, 0.2) is 0 Å². The number of aliphatic hydroxyl groups is 1. The third kappa shape index (κ3) is 7.33. The molecule has 2 aliphatic heterocycles. The second-order valence-corrected chi connectivity index (χ2v) is 10.6. The van der Waals surface area contributed by atoms with Crippen LogP contribution in [0.1, 0.15) is 26.7 Å². The Morgan fingerprint density at radius 1 is 1.11 bits per heavy atom. The first-order chi connectivity index (χ1) is 17.0. The summed E-state index contributed by atoms with van der Waals surface area (Å²) in [6.45, 7) is 8.29. The van der Waals surface area contributed by atoms with Crippen molar-refractivity contribution in [1.82, 2.24) is 4.90 Å². The van der Waals surface area contributed by atoms with E-state index in [1.54, 1.807) is 36.0 Å². The number of ether oxygens (including phenoxy) is 2. The lowest BCUT2D eigenvalue weighted by molar-refractivity contribution is 0.202. The molecule has 186 valence electrons. The Morgan fingerprint density at radius 3 is 2.71 bits per heavy atom. The second kappa shape index (κ2) is 12.2. The number of hydrogen-bond acceptors (Lipinski definition) is 6. The van der Waals surface area contributed by atoms with E-state index in [0.29, 0.717) is 18.8 Å². The minimum Gasteiger partial charge on any atom is -0.512 e. The molecule has 6 heteroatoms. The lowest BCUT2D eigenvalue weighted by Gasteiger charge is -2.25. The summed E-state index contributed by atoms with van der Waals surface area (Å²) in [5.41, 5.74) is 1.14. The van der Waals surface area contributed by atoms with Gasteiger partial charge in [-0.3, -0.25) is 4.90 Å². The van der Waals surface area contributed by atoms with Gasteiger partial charge >= 0.3 is 0 Å². The van der Waals surface area contributed by atoms with Gasteiger partial charge in [-0.05, 0) is 61.2 Å². The molecule has 1 unspecified atom stereocenters. The molecule has 2 N–H and O–H groups in total. The predicted octanol–water partition coefficient (Wildman–Crippen LogP) is 6.37. The zero-order chi connectivity index (χ0) is 24.6. The Hall–Kier alpha value is -2.83. The first-order valence-electron chi connectivity index (χ1n) is 12.3. The molecule has 1 fully saturated rings. The molecule has 0 aromatic heterocycles. The highest BCUT2D eigenvalue weighted by molar-refractivity contribution is 8.00. The van der Waals surface area contributed by atoms with Crippen LogP contribution in [-0.4, -0.2) is 52.7 Å². The minimum absolute atomic E-state index is 0.185. The minimum atomic E-state index is 0.185. The molecule has 2 aromatic rings. The number of benzene rings is 2. The Bertz CT molecular complexity index is 1070. The molecular weight excluding hydrogens is 458 g/mol. The molecule has 1 aliphatic carbocycles. The Labute approximate surface area is 212 Å². The fourth-order valence-corrected chi connectivity index (χ4v) is 5.77. The zero-order valence-electron chi connectivity index (χ0n) is 20.5. The van der Waals surface area contributed by atoms with Gasteiger partial charge in [-0.2, -0.15) is 0 Å². The second-order valence-electron chi connectivity index (χ2n) is 9.32. The Kier molecular flexibility index (Phi) is 8.83. The normalized spacial score (nSPS) is 23.7. The molecule has 35 heavy (non-hydrogen) atoms. The summed E-state index contributed by atoms with van der Waals surface area (Å²) in [5, 5.41) is 19.2. The molecule has 0 radical (unpaired) electrons. The van der Waals surface area contributed by atoms with Gasteiger partial charge in [0.2, 0.25) is 0 Å². The van der Waals surface area contributed by atoms with Crippen LogP contribution in [-0.2, 0) is 0 Å². The number of phenolic OH excluding ortho intramolecular Hbond substituents is 1. The van der Waals surface area contributed by atoms with Gasteiger partial charge in [0, 0.05) is 25.6 Å². The lowest BCUT2D eigenvalue weighted by atomic mass is 10.1. The van der Waals surface area contributed by atoms with E-state index in [0.717, 1.165) is 47.1 Å². The van der Waals surface area contributed by atoms with Crippen molar-refractivity contribution in [2.75, 3.05) is 26.3 Å². The van der Waals surface area contributed by atoms with Gasteiger partial charge in [-0.25, -0.2) is 0 Å². The van der Waals surface area contributed by atoms with Gasteiger partial charge < -0.3 is 19.7 Å². The number of allylic oxidation sites excluding steroid dienone is 4. The number of nitrogens with zero attached hydrogens (tertiary/aromatic N) is 1. The lowest BCUT2D eigenvalue weighted by Crippen LogP contribution is -2.31. The van der Waals surface area contributed by atoms with Crippen LogP contribution in [0, 0.1) is 5.92 Å². The molecule has 3 aliphatic rings. The van der Waals surface area contributed by atoms with Gasteiger partial charge in [-0.15, -0.1) is 11.8 Å². The number of aliphatic hydroxyl groups excluding tert-OH is 1. The molecule has 2 heterocycles. The Balaban J connectivity index is 0.000000168. The highest BCUT2D eigenvalue weighted by Crippen LogP contribution is 2.41. The van der Waals surface area contributed by atoms with Crippen LogP contribution in [0.4, 0.5) is 0 Å². The van der Waals surface area contributed by atoms with E-state index in [-0.39, 0.29) is 11.0 Å². The number of fused-ring (bicyclic) bond motifs is 1. The van der Waals surface area contributed by atoms with E-state index in [1.165, 1.54) is 13.0 Å².